The largest absolute Gasteiger partial charge is 0.362 e. The highest BCUT2D eigenvalue weighted by molar-refractivity contribution is 7.80. The smallest absolute Gasteiger partial charge is 0.170 e. The van der Waals surface area contributed by atoms with Gasteiger partial charge in [-0.15, -0.1) is 0 Å². The fourth-order valence-electron chi connectivity index (χ4n) is 2.08. The summed E-state index contributed by atoms with van der Waals surface area (Å²) in [4.78, 5) is 2.15. The lowest BCUT2D eigenvalue weighted by atomic mass is 9.93. The topological polar surface area (TPSA) is 27.3 Å². The number of hydrogen-bond acceptors (Lipinski definition) is 2. The van der Waals surface area contributed by atoms with Crippen molar-refractivity contribution >= 4 is 23.0 Å². The van der Waals surface area contributed by atoms with Gasteiger partial charge >= 0.3 is 0 Å². The first-order valence-electron chi connectivity index (χ1n) is 6.65. The monoisotopic (exact) mass is 297 g/mol. The van der Waals surface area contributed by atoms with E-state index in [2.05, 4.69) is 29.4 Å². The van der Waals surface area contributed by atoms with Crippen molar-refractivity contribution in [1.29, 1.82) is 0 Å². The van der Waals surface area contributed by atoms with Crippen molar-refractivity contribution in [3.05, 3.63) is 29.6 Å². The van der Waals surface area contributed by atoms with Crippen LogP contribution in [-0.2, 0) is 0 Å². The van der Waals surface area contributed by atoms with Gasteiger partial charge in [0.05, 0.1) is 0 Å². The molecule has 3 nitrogen and oxygen atoms in total. The molecule has 0 aliphatic heterocycles. The molecule has 0 spiro atoms. The molecule has 0 aliphatic rings. The Morgan fingerprint density at radius 3 is 2.55 bits per heavy atom. The number of anilines is 1. The van der Waals surface area contributed by atoms with Gasteiger partial charge in [0, 0.05) is 18.8 Å². The summed E-state index contributed by atoms with van der Waals surface area (Å²) in [5.41, 5.74) is 1.39. The molecule has 0 saturated heterocycles. The lowest BCUT2D eigenvalue weighted by Crippen LogP contribution is -2.41. The van der Waals surface area contributed by atoms with Gasteiger partial charge < -0.3 is 15.5 Å². The van der Waals surface area contributed by atoms with Gasteiger partial charge in [0.1, 0.15) is 5.82 Å². The van der Waals surface area contributed by atoms with Gasteiger partial charge in [-0.25, -0.2) is 4.39 Å². The third kappa shape index (κ3) is 5.84. The number of rotatable bonds is 5. The highest BCUT2D eigenvalue weighted by Gasteiger charge is 2.18. The molecule has 0 saturated carbocycles. The summed E-state index contributed by atoms with van der Waals surface area (Å²) in [6, 6.07) is 5.00. The first-order chi connectivity index (χ1) is 9.19. The zero-order valence-corrected chi connectivity index (χ0v) is 13.7. The van der Waals surface area contributed by atoms with Crippen LogP contribution in [0.15, 0.2) is 18.2 Å². The van der Waals surface area contributed by atoms with Crippen LogP contribution in [0.4, 0.5) is 10.1 Å². The SMILES string of the molecule is Cc1ccc(NC(=S)NCC(C)(C)CN(C)C)cc1F. The molecule has 0 radical (unpaired) electrons. The molecule has 0 unspecified atom stereocenters. The van der Waals surface area contributed by atoms with E-state index in [9.17, 15) is 4.39 Å². The average molecular weight is 297 g/mol. The van der Waals surface area contributed by atoms with Gasteiger partial charge in [-0.1, -0.05) is 19.9 Å². The van der Waals surface area contributed by atoms with Gasteiger partial charge in [0.25, 0.3) is 0 Å². The summed E-state index contributed by atoms with van der Waals surface area (Å²) in [6.07, 6.45) is 0. The minimum absolute atomic E-state index is 0.105. The van der Waals surface area contributed by atoms with E-state index >= 15 is 0 Å². The number of benzene rings is 1. The number of nitrogens with one attached hydrogen (secondary N) is 2. The molecule has 0 bridgehead atoms. The van der Waals surface area contributed by atoms with Gasteiger partial charge in [-0.3, -0.25) is 0 Å². The van der Waals surface area contributed by atoms with Crippen molar-refractivity contribution in [2.45, 2.75) is 20.8 Å². The van der Waals surface area contributed by atoms with Gasteiger partial charge in [0.2, 0.25) is 0 Å². The Hall–Kier alpha value is -1.20. The molecule has 1 aromatic rings. The first kappa shape index (κ1) is 16.9. The van der Waals surface area contributed by atoms with Crippen LogP contribution in [0.2, 0.25) is 0 Å². The summed E-state index contributed by atoms with van der Waals surface area (Å²) < 4.78 is 13.4. The third-order valence-corrected chi connectivity index (χ3v) is 3.15. The quantitative estimate of drug-likeness (QED) is 0.817. The Bertz CT molecular complexity index is 472. The molecule has 0 atom stereocenters. The molecule has 2 N–H and O–H groups in total. The fourth-order valence-corrected chi connectivity index (χ4v) is 2.27. The van der Waals surface area contributed by atoms with Crippen LogP contribution < -0.4 is 10.6 Å². The minimum Gasteiger partial charge on any atom is -0.362 e. The van der Waals surface area contributed by atoms with Crippen molar-refractivity contribution in [3.8, 4) is 0 Å². The second-order valence-electron chi connectivity index (χ2n) is 6.17. The molecule has 1 rings (SSSR count). The van der Waals surface area contributed by atoms with Crippen LogP contribution in [0, 0.1) is 18.2 Å². The molecule has 5 heteroatoms. The second-order valence-corrected chi connectivity index (χ2v) is 6.58. The molecular weight excluding hydrogens is 273 g/mol. The van der Waals surface area contributed by atoms with E-state index in [1.807, 2.05) is 20.2 Å². The number of aryl methyl sites for hydroxylation is 1. The van der Waals surface area contributed by atoms with Gasteiger partial charge in [0.15, 0.2) is 5.11 Å². The lowest BCUT2D eigenvalue weighted by molar-refractivity contribution is 0.242. The number of thiocarbonyl (C=S) groups is 1. The highest BCUT2D eigenvalue weighted by Crippen LogP contribution is 2.15. The maximum absolute atomic E-state index is 13.4. The molecule has 1 aromatic carbocycles. The summed E-state index contributed by atoms with van der Waals surface area (Å²) in [7, 11) is 4.10. The summed E-state index contributed by atoms with van der Waals surface area (Å²) in [6.45, 7) is 7.80. The van der Waals surface area contributed by atoms with E-state index in [4.69, 9.17) is 12.2 Å². The van der Waals surface area contributed by atoms with E-state index in [0.717, 1.165) is 13.1 Å². The van der Waals surface area contributed by atoms with Crippen molar-refractivity contribution in [2.24, 2.45) is 5.41 Å². The Morgan fingerprint density at radius 1 is 1.35 bits per heavy atom. The zero-order chi connectivity index (χ0) is 15.3. The summed E-state index contributed by atoms with van der Waals surface area (Å²) in [5, 5.41) is 6.70. The number of nitrogens with zero attached hydrogens (tertiary/aromatic N) is 1. The predicted molar refractivity (Wildman–Crippen MR) is 87.7 cm³/mol. The Kier molecular flexibility index (Phi) is 5.89. The fraction of sp³-hybridized carbons (Fsp3) is 0.533. The van der Waals surface area contributed by atoms with Crippen molar-refractivity contribution in [1.82, 2.24) is 10.2 Å². The maximum Gasteiger partial charge on any atom is 0.170 e. The minimum atomic E-state index is -0.231. The Labute approximate surface area is 126 Å². The van der Waals surface area contributed by atoms with Crippen LogP contribution in [-0.4, -0.2) is 37.2 Å². The zero-order valence-electron chi connectivity index (χ0n) is 12.9. The van der Waals surface area contributed by atoms with E-state index in [-0.39, 0.29) is 11.2 Å². The first-order valence-corrected chi connectivity index (χ1v) is 7.06. The summed E-state index contributed by atoms with van der Waals surface area (Å²) >= 11 is 5.24. The van der Waals surface area contributed by atoms with Crippen LogP contribution in [0.25, 0.3) is 0 Å². The van der Waals surface area contributed by atoms with E-state index in [0.29, 0.717) is 16.4 Å². The van der Waals surface area contributed by atoms with Gasteiger partial charge in [-0.2, -0.15) is 0 Å². The van der Waals surface area contributed by atoms with Crippen LogP contribution in [0.3, 0.4) is 0 Å². The Morgan fingerprint density at radius 2 is 2.00 bits per heavy atom. The van der Waals surface area contributed by atoms with E-state index in [1.165, 1.54) is 6.07 Å². The van der Waals surface area contributed by atoms with Crippen molar-refractivity contribution in [3.63, 3.8) is 0 Å². The highest BCUT2D eigenvalue weighted by atomic mass is 32.1. The molecule has 20 heavy (non-hydrogen) atoms. The average Bonchev–Trinajstić information content (AvgIpc) is 2.30. The summed E-state index contributed by atoms with van der Waals surface area (Å²) in [5.74, 6) is -0.231. The number of halogens is 1. The molecule has 0 heterocycles. The molecule has 112 valence electrons. The van der Waals surface area contributed by atoms with Gasteiger partial charge in [-0.05, 0) is 56.3 Å². The Balaban J connectivity index is 2.49. The second kappa shape index (κ2) is 6.99. The lowest BCUT2D eigenvalue weighted by Gasteiger charge is -2.29. The molecule has 0 aromatic heterocycles. The normalized spacial score (nSPS) is 11.6. The molecule has 0 fully saturated rings. The van der Waals surface area contributed by atoms with Crippen LogP contribution in [0.5, 0.6) is 0 Å². The maximum atomic E-state index is 13.4. The predicted octanol–water partition coefficient (Wildman–Crippen LogP) is 3.01. The molecule has 0 amide bonds. The van der Waals surface area contributed by atoms with E-state index < -0.39 is 0 Å². The molecular formula is C15H24FN3S. The van der Waals surface area contributed by atoms with Crippen LogP contribution in [0.1, 0.15) is 19.4 Å². The standard InChI is InChI=1S/C15H24FN3S/c1-11-6-7-12(8-13(11)16)18-14(20)17-9-15(2,3)10-19(4)5/h6-8H,9-10H2,1-5H3,(H2,17,18,20). The van der Waals surface area contributed by atoms with Crippen LogP contribution >= 0.6 is 12.2 Å². The van der Waals surface area contributed by atoms with Crippen molar-refractivity contribution in [2.75, 3.05) is 32.5 Å². The van der Waals surface area contributed by atoms with Crippen molar-refractivity contribution < 1.29 is 4.39 Å². The third-order valence-electron chi connectivity index (χ3n) is 2.90. The number of hydrogen-bond donors (Lipinski definition) is 2. The van der Waals surface area contributed by atoms with E-state index in [1.54, 1.807) is 13.0 Å². The molecule has 0 aliphatic carbocycles.